The molecule has 1 heterocycles. The van der Waals surface area contributed by atoms with Crippen LogP contribution >= 0.6 is 27.3 Å². The predicted octanol–water partition coefficient (Wildman–Crippen LogP) is 4.76. The van der Waals surface area contributed by atoms with Crippen molar-refractivity contribution in [3.8, 4) is 0 Å². The largest absolute Gasteiger partial charge is 0.288 e. The third kappa shape index (κ3) is 2.51. The summed E-state index contributed by atoms with van der Waals surface area (Å²) in [4.78, 5) is 14.3. The SMILES string of the molecule is O=C(c1cc2c(s1)CCCC2)c1cc(Br)ccc1F. The molecule has 0 saturated heterocycles. The first kappa shape index (κ1) is 13.0. The Kier molecular flexibility index (Phi) is 3.54. The van der Waals surface area contributed by atoms with Gasteiger partial charge in [-0.2, -0.15) is 0 Å². The molecule has 0 saturated carbocycles. The van der Waals surface area contributed by atoms with E-state index < -0.39 is 5.82 Å². The summed E-state index contributed by atoms with van der Waals surface area (Å²) in [5, 5.41) is 0. The molecular weight excluding hydrogens is 327 g/mol. The first-order valence-corrected chi connectivity index (χ1v) is 7.87. The zero-order valence-corrected chi connectivity index (χ0v) is 12.6. The van der Waals surface area contributed by atoms with Crippen molar-refractivity contribution in [3.05, 3.63) is 55.4 Å². The molecule has 1 nitrogen and oxygen atoms in total. The highest BCUT2D eigenvalue weighted by atomic mass is 79.9. The Labute approximate surface area is 123 Å². The minimum Gasteiger partial charge on any atom is -0.288 e. The average molecular weight is 339 g/mol. The van der Waals surface area contributed by atoms with Gasteiger partial charge < -0.3 is 0 Å². The molecule has 0 amide bonds. The van der Waals surface area contributed by atoms with Crippen molar-refractivity contribution in [2.24, 2.45) is 0 Å². The maximum atomic E-state index is 13.8. The van der Waals surface area contributed by atoms with Crippen LogP contribution in [-0.2, 0) is 12.8 Å². The number of fused-ring (bicyclic) bond motifs is 1. The van der Waals surface area contributed by atoms with Gasteiger partial charge in [-0.3, -0.25) is 4.79 Å². The summed E-state index contributed by atoms with van der Waals surface area (Å²) >= 11 is 4.80. The highest BCUT2D eigenvalue weighted by Gasteiger charge is 2.20. The maximum Gasteiger partial charge on any atom is 0.205 e. The van der Waals surface area contributed by atoms with Crippen LogP contribution in [0.4, 0.5) is 4.39 Å². The number of halogens is 2. The summed E-state index contributed by atoms with van der Waals surface area (Å²) in [6.45, 7) is 0. The average Bonchev–Trinajstić information content (AvgIpc) is 2.84. The molecular formula is C15H12BrFOS. The van der Waals surface area contributed by atoms with Crippen molar-refractivity contribution in [3.63, 3.8) is 0 Å². The number of carbonyl (C=O) groups excluding carboxylic acids is 1. The van der Waals surface area contributed by atoms with Crippen LogP contribution in [0.25, 0.3) is 0 Å². The molecule has 2 aromatic rings. The van der Waals surface area contributed by atoms with Crippen LogP contribution in [0.5, 0.6) is 0 Å². The zero-order valence-electron chi connectivity index (χ0n) is 10.2. The van der Waals surface area contributed by atoms with Crippen LogP contribution in [0.2, 0.25) is 0 Å². The fourth-order valence-electron chi connectivity index (χ4n) is 2.41. The Balaban J connectivity index is 1.99. The molecule has 0 fully saturated rings. The fraction of sp³-hybridized carbons (Fsp3) is 0.267. The van der Waals surface area contributed by atoms with E-state index in [1.54, 1.807) is 12.1 Å². The zero-order chi connectivity index (χ0) is 13.4. The predicted molar refractivity (Wildman–Crippen MR) is 78.5 cm³/mol. The maximum absolute atomic E-state index is 13.8. The summed E-state index contributed by atoms with van der Waals surface area (Å²) in [6.07, 6.45) is 4.46. The molecule has 3 rings (SSSR count). The topological polar surface area (TPSA) is 17.1 Å². The first-order valence-electron chi connectivity index (χ1n) is 6.26. The lowest BCUT2D eigenvalue weighted by Gasteiger charge is -2.08. The molecule has 1 aromatic carbocycles. The molecule has 0 atom stereocenters. The Morgan fingerprint density at radius 3 is 2.79 bits per heavy atom. The highest BCUT2D eigenvalue weighted by Crippen LogP contribution is 2.31. The Morgan fingerprint density at radius 2 is 2.00 bits per heavy atom. The summed E-state index contributed by atoms with van der Waals surface area (Å²) in [5.74, 6) is -0.669. The number of hydrogen-bond donors (Lipinski definition) is 0. The smallest absolute Gasteiger partial charge is 0.205 e. The van der Waals surface area contributed by atoms with Crippen LogP contribution < -0.4 is 0 Å². The van der Waals surface area contributed by atoms with E-state index in [-0.39, 0.29) is 11.3 Å². The number of carbonyl (C=O) groups is 1. The van der Waals surface area contributed by atoms with Crippen LogP contribution in [0.15, 0.2) is 28.7 Å². The Hall–Kier alpha value is -1.00. The van der Waals surface area contributed by atoms with Crippen molar-refractivity contribution in [1.29, 1.82) is 0 Å². The van der Waals surface area contributed by atoms with Crippen molar-refractivity contribution in [2.75, 3.05) is 0 Å². The van der Waals surface area contributed by atoms with E-state index in [2.05, 4.69) is 15.9 Å². The molecule has 0 radical (unpaired) electrons. The van der Waals surface area contributed by atoms with E-state index in [1.807, 2.05) is 6.07 Å². The molecule has 19 heavy (non-hydrogen) atoms. The monoisotopic (exact) mass is 338 g/mol. The van der Waals surface area contributed by atoms with Crippen LogP contribution in [0.3, 0.4) is 0 Å². The summed E-state index contributed by atoms with van der Waals surface area (Å²) in [5.41, 5.74) is 1.42. The van der Waals surface area contributed by atoms with Crippen molar-refractivity contribution >= 4 is 33.0 Å². The van der Waals surface area contributed by atoms with Gasteiger partial charge in [-0.25, -0.2) is 4.39 Å². The van der Waals surface area contributed by atoms with E-state index >= 15 is 0 Å². The number of ketones is 1. The van der Waals surface area contributed by atoms with Gasteiger partial charge in [-0.15, -0.1) is 11.3 Å². The van der Waals surface area contributed by atoms with E-state index in [1.165, 1.54) is 40.7 Å². The lowest BCUT2D eigenvalue weighted by molar-refractivity contribution is 0.103. The lowest BCUT2D eigenvalue weighted by Crippen LogP contribution is -2.02. The summed E-state index contributed by atoms with van der Waals surface area (Å²) in [7, 11) is 0. The minimum atomic E-state index is -0.459. The van der Waals surface area contributed by atoms with Crippen molar-refractivity contribution in [1.82, 2.24) is 0 Å². The molecule has 1 aliphatic rings. The van der Waals surface area contributed by atoms with Gasteiger partial charge in [0.25, 0.3) is 0 Å². The van der Waals surface area contributed by atoms with E-state index in [4.69, 9.17) is 0 Å². The van der Waals surface area contributed by atoms with E-state index in [0.29, 0.717) is 4.88 Å². The van der Waals surface area contributed by atoms with Gasteiger partial charge in [0.15, 0.2) is 0 Å². The highest BCUT2D eigenvalue weighted by molar-refractivity contribution is 9.10. The molecule has 98 valence electrons. The molecule has 4 heteroatoms. The number of benzene rings is 1. The molecule has 1 aliphatic carbocycles. The van der Waals surface area contributed by atoms with Gasteiger partial charge >= 0.3 is 0 Å². The van der Waals surface area contributed by atoms with Crippen LogP contribution in [0, 0.1) is 5.82 Å². The second-order valence-electron chi connectivity index (χ2n) is 4.72. The number of thiophene rings is 1. The van der Waals surface area contributed by atoms with Crippen molar-refractivity contribution in [2.45, 2.75) is 25.7 Å². The summed E-state index contributed by atoms with van der Waals surface area (Å²) < 4.78 is 14.5. The number of hydrogen-bond acceptors (Lipinski definition) is 2. The molecule has 1 aromatic heterocycles. The second kappa shape index (κ2) is 5.17. The van der Waals surface area contributed by atoms with Gasteiger partial charge in [-0.05, 0) is 55.5 Å². The Bertz CT molecular complexity index is 624. The third-order valence-corrected chi connectivity index (χ3v) is 5.12. The number of rotatable bonds is 2. The number of aryl methyl sites for hydroxylation is 2. The van der Waals surface area contributed by atoms with Crippen molar-refractivity contribution < 1.29 is 9.18 Å². The molecule has 0 spiro atoms. The Morgan fingerprint density at radius 1 is 1.21 bits per heavy atom. The lowest BCUT2D eigenvalue weighted by atomic mass is 9.98. The van der Waals surface area contributed by atoms with Gasteiger partial charge in [0.05, 0.1) is 10.4 Å². The van der Waals surface area contributed by atoms with Gasteiger partial charge in [0.2, 0.25) is 5.78 Å². The molecule has 0 aliphatic heterocycles. The summed E-state index contributed by atoms with van der Waals surface area (Å²) in [6, 6.07) is 6.43. The minimum absolute atomic E-state index is 0.146. The quantitative estimate of drug-likeness (QED) is 0.721. The molecule has 0 bridgehead atoms. The van der Waals surface area contributed by atoms with Crippen LogP contribution in [-0.4, -0.2) is 5.78 Å². The van der Waals surface area contributed by atoms with Crippen LogP contribution in [0.1, 0.15) is 38.5 Å². The van der Waals surface area contributed by atoms with Gasteiger partial charge in [0, 0.05) is 9.35 Å². The fourth-order valence-corrected chi connectivity index (χ4v) is 3.98. The standard InChI is InChI=1S/C15H12BrFOS/c16-10-5-6-12(17)11(8-10)15(18)14-7-9-3-1-2-4-13(9)19-14/h5-8H,1-4H2. The molecule has 0 unspecified atom stereocenters. The first-order chi connectivity index (χ1) is 9.15. The van der Waals surface area contributed by atoms with Gasteiger partial charge in [-0.1, -0.05) is 15.9 Å². The van der Waals surface area contributed by atoms with E-state index in [0.717, 1.165) is 17.3 Å². The normalized spacial score (nSPS) is 14.2. The second-order valence-corrected chi connectivity index (χ2v) is 6.77. The van der Waals surface area contributed by atoms with Gasteiger partial charge in [0.1, 0.15) is 5.82 Å². The molecule has 0 N–H and O–H groups in total. The third-order valence-electron chi connectivity index (χ3n) is 3.39. The van der Waals surface area contributed by atoms with E-state index in [9.17, 15) is 9.18 Å².